The third-order valence-electron chi connectivity index (χ3n) is 6.10. The topological polar surface area (TPSA) is 74.6 Å². The molecule has 0 unspecified atom stereocenters. The number of rotatable bonds is 5. The Balaban J connectivity index is 1.51. The fraction of sp³-hybridized carbons (Fsp3) is 0.231. The molecule has 2 aliphatic rings. The highest BCUT2D eigenvalue weighted by Crippen LogP contribution is 2.44. The monoisotopic (exact) mass is 445 g/mol. The number of halogens is 1. The van der Waals surface area contributed by atoms with E-state index in [4.69, 9.17) is 4.42 Å². The number of Topliss-reactive ketones (excluding diaryl/α,β-unsaturated/α-hetero) is 1. The molecule has 1 aliphatic heterocycles. The van der Waals surface area contributed by atoms with Gasteiger partial charge < -0.3 is 20.0 Å². The van der Waals surface area contributed by atoms with Gasteiger partial charge in [0.25, 0.3) is 0 Å². The number of para-hydroxylation sites is 2. The maximum Gasteiger partial charge on any atom is 0.239 e. The van der Waals surface area contributed by atoms with Gasteiger partial charge in [-0.3, -0.25) is 9.59 Å². The van der Waals surface area contributed by atoms with E-state index in [1.54, 1.807) is 30.5 Å². The van der Waals surface area contributed by atoms with Crippen LogP contribution in [-0.4, -0.2) is 18.2 Å². The third-order valence-corrected chi connectivity index (χ3v) is 6.10. The minimum absolute atomic E-state index is 0.0252. The second-order valence-corrected chi connectivity index (χ2v) is 8.23. The molecule has 1 aromatic heterocycles. The summed E-state index contributed by atoms with van der Waals surface area (Å²) in [5.74, 6) is 0.00276. The third kappa shape index (κ3) is 4.14. The van der Waals surface area contributed by atoms with Gasteiger partial charge in [0.15, 0.2) is 5.78 Å². The number of nitrogens with zero attached hydrogens (tertiary/aromatic N) is 1. The van der Waals surface area contributed by atoms with Gasteiger partial charge in [0.1, 0.15) is 17.6 Å². The molecule has 0 spiro atoms. The number of benzene rings is 2. The lowest BCUT2D eigenvalue weighted by molar-refractivity contribution is -0.120. The lowest BCUT2D eigenvalue weighted by Gasteiger charge is -2.33. The Kier molecular flexibility index (Phi) is 5.69. The van der Waals surface area contributed by atoms with Crippen molar-refractivity contribution in [2.45, 2.75) is 31.8 Å². The van der Waals surface area contributed by atoms with Crippen molar-refractivity contribution in [3.63, 3.8) is 0 Å². The van der Waals surface area contributed by atoms with Crippen LogP contribution in [0.15, 0.2) is 82.6 Å². The molecule has 1 aliphatic carbocycles. The SMILES string of the molecule is O=C(CN1c2ccccc2NC2=C(C(=O)CCC2)[C@H]1c1ccco1)NCc1ccccc1F. The van der Waals surface area contributed by atoms with Crippen LogP contribution in [0.3, 0.4) is 0 Å². The summed E-state index contributed by atoms with van der Waals surface area (Å²) in [5, 5.41) is 6.26. The molecular weight excluding hydrogens is 421 g/mol. The van der Waals surface area contributed by atoms with E-state index in [1.165, 1.54) is 6.07 Å². The van der Waals surface area contributed by atoms with Crippen LogP contribution in [0.4, 0.5) is 15.8 Å². The molecule has 2 N–H and O–H groups in total. The van der Waals surface area contributed by atoms with Crippen molar-refractivity contribution in [2.75, 3.05) is 16.8 Å². The zero-order valence-corrected chi connectivity index (χ0v) is 18.0. The van der Waals surface area contributed by atoms with Crippen LogP contribution in [0.2, 0.25) is 0 Å². The van der Waals surface area contributed by atoms with Gasteiger partial charge in [0.2, 0.25) is 5.91 Å². The first-order valence-corrected chi connectivity index (χ1v) is 11.0. The van der Waals surface area contributed by atoms with Crippen LogP contribution in [0.25, 0.3) is 0 Å². The van der Waals surface area contributed by atoms with Gasteiger partial charge in [-0.25, -0.2) is 4.39 Å². The van der Waals surface area contributed by atoms with Gasteiger partial charge in [-0.05, 0) is 43.2 Å². The van der Waals surface area contributed by atoms with E-state index >= 15 is 0 Å². The summed E-state index contributed by atoms with van der Waals surface area (Å²) in [6, 6.07) is 17.1. The fourth-order valence-electron chi connectivity index (χ4n) is 4.56. The number of amides is 1. The van der Waals surface area contributed by atoms with Gasteiger partial charge in [0, 0.05) is 29.8 Å². The lowest BCUT2D eigenvalue weighted by Crippen LogP contribution is -2.41. The second-order valence-electron chi connectivity index (χ2n) is 8.23. The molecule has 5 rings (SSSR count). The largest absolute Gasteiger partial charge is 0.467 e. The zero-order chi connectivity index (χ0) is 22.8. The molecule has 2 aromatic carbocycles. The number of nitrogens with one attached hydrogen (secondary N) is 2. The standard InChI is InChI=1S/C26H24FN3O3/c27-18-8-2-1-7-17(18)15-28-24(32)16-30-21-11-4-3-9-19(21)29-20-10-5-12-22(31)25(20)26(30)23-13-6-14-33-23/h1-4,6-9,11,13-14,26,29H,5,10,12,15-16H2,(H,28,32)/t26-/m1/s1. The van der Waals surface area contributed by atoms with E-state index in [0.29, 0.717) is 23.3 Å². The molecule has 0 saturated heterocycles. The van der Waals surface area contributed by atoms with Crippen molar-refractivity contribution in [1.29, 1.82) is 0 Å². The van der Waals surface area contributed by atoms with Crippen molar-refractivity contribution in [3.05, 3.63) is 95.3 Å². The summed E-state index contributed by atoms with van der Waals surface area (Å²) in [4.78, 5) is 28.0. The number of hydrogen-bond acceptors (Lipinski definition) is 5. The van der Waals surface area contributed by atoms with E-state index in [9.17, 15) is 14.0 Å². The Morgan fingerprint density at radius 2 is 1.91 bits per heavy atom. The van der Waals surface area contributed by atoms with Crippen LogP contribution in [0, 0.1) is 5.82 Å². The first kappa shape index (κ1) is 21.0. The number of allylic oxidation sites excluding steroid dienone is 1. The Bertz CT molecular complexity index is 1220. The van der Waals surface area contributed by atoms with Gasteiger partial charge in [0.05, 0.1) is 24.2 Å². The van der Waals surface area contributed by atoms with Crippen molar-refractivity contribution in [3.8, 4) is 0 Å². The number of hydrogen-bond donors (Lipinski definition) is 2. The molecule has 6 nitrogen and oxygen atoms in total. The molecule has 1 amide bonds. The molecule has 33 heavy (non-hydrogen) atoms. The van der Waals surface area contributed by atoms with Crippen molar-refractivity contribution >= 4 is 23.1 Å². The molecule has 0 fully saturated rings. The Hall–Kier alpha value is -3.87. The van der Waals surface area contributed by atoms with E-state index in [1.807, 2.05) is 35.2 Å². The Labute approximate surface area is 191 Å². The molecule has 0 radical (unpaired) electrons. The Morgan fingerprint density at radius 1 is 1.09 bits per heavy atom. The maximum absolute atomic E-state index is 14.0. The number of furan rings is 1. The Morgan fingerprint density at radius 3 is 2.73 bits per heavy atom. The van der Waals surface area contributed by atoms with Crippen LogP contribution in [0.5, 0.6) is 0 Å². The van der Waals surface area contributed by atoms with Crippen LogP contribution >= 0.6 is 0 Å². The molecule has 7 heteroatoms. The first-order chi connectivity index (χ1) is 16.1. The predicted molar refractivity (Wildman–Crippen MR) is 123 cm³/mol. The number of fused-ring (bicyclic) bond motifs is 1. The van der Waals surface area contributed by atoms with Crippen LogP contribution < -0.4 is 15.5 Å². The van der Waals surface area contributed by atoms with Crippen LogP contribution in [0.1, 0.15) is 36.6 Å². The number of carbonyl (C=O) groups is 2. The molecule has 2 heterocycles. The van der Waals surface area contributed by atoms with Gasteiger partial charge in [-0.2, -0.15) is 0 Å². The molecule has 3 aromatic rings. The molecular formula is C26H24FN3O3. The molecule has 1 atom stereocenters. The maximum atomic E-state index is 14.0. The van der Waals surface area contributed by atoms with Gasteiger partial charge >= 0.3 is 0 Å². The van der Waals surface area contributed by atoms with E-state index in [2.05, 4.69) is 10.6 Å². The van der Waals surface area contributed by atoms with Gasteiger partial charge in [-0.15, -0.1) is 0 Å². The number of anilines is 2. The molecule has 0 saturated carbocycles. The summed E-state index contributed by atoms with van der Waals surface area (Å²) in [6.45, 7) is 0.0557. The summed E-state index contributed by atoms with van der Waals surface area (Å²) >= 11 is 0. The lowest BCUT2D eigenvalue weighted by atomic mass is 9.88. The number of carbonyl (C=O) groups excluding carboxylic acids is 2. The number of ketones is 1. The zero-order valence-electron chi connectivity index (χ0n) is 18.0. The predicted octanol–water partition coefficient (Wildman–Crippen LogP) is 4.72. The average molecular weight is 445 g/mol. The summed E-state index contributed by atoms with van der Waals surface area (Å²) in [6.07, 6.45) is 3.56. The summed E-state index contributed by atoms with van der Waals surface area (Å²) in [5.41, 5.74) is 3.54. The molecule has 168 valence electrons. The molecule has 0 bridgehead atoms. The van der Waals surface area contributed by atoms with Crippen LogP contribution in [-0.2, 0) is 16.1 Å². The highest BCUT2D eigenvalue weighted by Gasteiger charge is 2.38. The first-order valence-electron chi connectivity index (χ1n) is 11.0. The highest BCUT2D eigenvalue weighted by atomic mass is 19.1. The smallest absolute Gasteiger partial charge is 0.239 e. The normalized spacial score (nSPS) is 17.7. The van der Waals surface area contributed by atoms with Crippen molar-refractivity contribution < 1.29 is 18.4 Å². The van der Waals surface area contributed by atoms with Crippen molar-refractivity contribution in [1.82, 2.24) is 5.32 Å². The van der Waals surface area contributed by atoms with E-state index in [0.717, 1.165) is 29.9 Å². The van der Waals surface area contributed by atoms with Crippen molar-refractivity contribution in [2.24, 2.45) is 0 Å². The minimum Gasteiger partial charge on any atom is -0.467 e. The second kappa shape index (κ2) is 8.94. The summed E-state index contributed by atoms with van der Waals surface area (Å²) < 4.78 is 19.8. The summed E-state index contributed by atoms with van der Waals surface area (Å²) in [7, 11) is 0. The minimum atomic E-state index is -0.543. The highest BCUT2D eigenvalue weighted by molar-refractivity contribution is 6.01. The van der Waals surface area contributed by atoms with E-state index in [-0.39, 0.29) is 30.6 Å². The van der Waals surface area contributed by atoms with Gasteiger partial charge in [-0.1, -0.05) is 30.3 Å². The fourth-order valence-corrected chi connectivity index (χ4v) is 4.56. The van der Waals surface area contributed by atoms with E-state index < -0.39 is 6.04 Å². The quantitative estimate of drug-likeness (QED) is 0.595. The average Bonchev–Trinajstić information content (AvgIpc) is 3.30.